The molecule has 1 heterocycles. The number of piperazine rings is 1. The summed E-state index contributed by atoms with van der Waals surface area (Å²) in [5, 5.41) is 17.0. The zero-order chi connectivity index (χ0) is 29.3. The van der Waals surface area contributed by atoms with Gasteiger partial charge in [0.15, 0.2) is 0 Å². The van der Waals surface area contributed by atoms with Crippen LogP contribution in [0, 0.1) is 10.1 Å². The second kappa shape index (κ2) is 14.1. The molecule has 0 aromatic heterocycles. The number of hydrogen-bond acceptors (Lipinski definition) is 6. The maximum absolute atomic E-state index is 13.3. The smallest absolute Gasteiger partial charge is 0.423 e. The van der Waals surface area contributed by atoms with E-state index in [2.05, 4.69) is 22.1 Å². The molecule has 2 amide bonds. The summed E-state index contributed by atoms with van der Waals surface area (Å²) in [6.45, 7) is 11.1. The first kappa shape index (κ1) is 30.8. The number of hydrogen-bond donors (Lipinski definition) is 2. The molecular weight excluding hydrogens is 527 g/mol. The van der Waals surface area contributed by atoms with Gasteiger partial charge in [0.25, 0.3) is 5.69 Å². The Labute approximate surface area is 232 Å². The van der Waals surface area contributed by atoms with Crippen LogP contribution in [0.15, 0.2) is 54.5 Å². The SMILES string of the molecule is C=C/C(=C\C(=C/C)OC1CCC(Nc2ccc([N+](=O)[O-])c(C(F)(F)F)c2)CC1)N1CCN(C(=O)NCCC)CC1. The van der Waals surface area contributed by atoms with E-state index in [4.69, 9.17) is 4.74 Å². The lowest BCUT2D eigenvalue weighted by Crippen LogP contribution is -2.51. The molecule has 0 atom stereocenters. The predicted octanol–water partition coefficient (Wildman–Crippen LogP) is 6.06. The van der Waals surface area contributed by atoms with Crippen LogP contribution in [0.3, 0.4) is 0 Å². The van der Waals surface area contributed by atoms with Crippen molar-refractivity contribution in [2.24, 2.45) is 0 Å². The van der Waals surface area contributed by atoms with Gasteiger partial charge in [0.05, 0.1) is 11.0 Å². The zero-order valence-corrected chi connectivity index (χ0v) is 23.0. The summed E-state index contributed by atoms with van der Waals surface area (Å²) in [6.07, 6.45) is 4.41. The highest BCUT2D eigenvalue weighted by Gasteiger charge is 2.38. The molecule has 2 fully saturated rings. The number of nitro benzene ring substituents is 1. The van der Waals surface area contributed by atoms with Crippen LogP contribution in [0.4, 0.5) is 29.3 Å². The van der Waals surface area contributed by atoms with Gasteiger partial charge in [-0.15, -0.1) is 0 Å². The van der Waals surface area contributed by atoms with Gasteiger partial charge in [-0.05, 0) is 63.3 Å². The molecule has 0 spiro atoms. The van der Waals surface area contributed by atoms with E-state index < -0.39 is 22.4 Å². The Morgan fingerprint density at radius 3 is 2.38 bits per heavy atom. The minimum Gasteiger partial charge on any atom is -0.491 e. The van der Waals surface area contributed by atoms with Crippen LogP contribution in [0.25, 0.3) is 0 Å². The van der Waals surface area contributed by atoms with E-state index in [1.807, 2.05) is 30.9 Å². The minimum atomic E-state index is -4.82. The molecule has 0 radical (unpaired) electrons. The average molecular weight is 566 g/mol. The van der Waals surface area contributed by atoms with Crippen LogP contribution in [-0.4, -0.2) is 65.6 Å². The summed E-state index contributed by atoms with van der Waals surface area (Å²) in [7, 11) is 0. The van der Waals surface area contributed by atoms with Gasteiger partial charge in [-0.25, -0.2) is 4.79 Å². The maximum atomic E-state index is 13.3. The Bertz CT molecular complexity index is 1110. The summed E-state index contributed by atoms with van der Waals surface area (Å²) >= 11 is 0. The largest absolute Gasteiger partial charge is 0.491 e. The Kier molecular flexibility index (Phi) is 10.9. The van der Waals surface area contributed by atoms with Crippen LogP contribution in [0.1, 0.15) is 51.5 Å². The molecule has 1 aliphatic carbocycles. The van der Waals surface area contributed by atoms with Crippen LogP contribution >= 0.6 is 0 Å². The van der Waals surface area contributed by atoms with Gasteiger partial charge in [0.1, 0.15) is 11.3 Å². The molecule has 9 nitrogen and oxygen atoms in total. The van der Waals surface area contributed by atoms with Crippen molar-refractivity contribution in [1.29, 1.82) is 0 Å². The zero-order valence-electron chi connectivity index (χ0n) is 23.0. The highest BCUT2D eigenvalue weighted by Crippen LogP contribution is 2.38. The fourth-order valence-electron chi connectivity index (χ4n) is 4.89. The molecule has 2 aliphatic rings. The summed E-state index contributed by atoms with van der Waals surface area (Å²) < 4.78 is 46.2. The Morgan fingerprint density at radius 2 is 1.82 bits per heavy atom. The molecule has 40 heavy (non-hydrogen) atoms. The second-order valence-electron chi connectivity index (χ2n) is 9.89. The number of nitrogens with one attached hydrogen (secondary N) is 2. The van der Waals surface area contributed by atoms with Crippen molar-refractivity contribution < 1.29 is 27.6 Å². The van der Waals surface area contributed by atoms with Crippen LogP contribution in [-0.2, 0) is 10.9 Å². The first-order valence-corrected chi connectivity index (χ1v) is 13.6. The molecule has 1 saturated heterocycles. The molecule has 1 saturated carbocycles. The highest BCUT2D eigenvalue weighted by molar-refractivity contribution is 5.74. The predicted molar refractivity (Wildman–Crippen MR) is 148 cm³/mol. The number of allylic oxidation sites excluding steroid dienone is 3. The van der Waals surface area contributed by atoms with Gasteiger partial charge in [0, 0.05) is 62.3 Å². The maximum Gasteiger partial charge on any atom is 0.423 e. The molecule has 1 aromatic carbocycles. The fourth-order valence-corrected chi connectivity index (χ4v) is 4.89. The Balaban J connectivity index is 1.53. The van der Waals surface area contributed by atoms with E-state index in [-0.39, 0.29) is 23.9 Å². The molecule has 3 rings (SSSR count). The van der Waals surface area contributed by atoms with E-state index in [1.54, 1.807) is 6.08 Å². The number of nitrogens with zero attached hydrogens (tertiary/aromatic N) is 3. The second-order valence-corrected chi connectivity index (χ2v) is 9.89. The summed E-state index contributed by atoms with van der Waals surface area (Å²) in [5.41, 5.74) is -1.10. The molecular formula is C28H38F3N5O4. The molecule has 1 aliphatic heterocycles. The third-order valence-corrected chi connectivity index (χ3v) is 7.09. The van der Waals surface area contributed by atoms with Crippen molar-refractivity contribution >= 4 is 17.4 Å². The van der Waals surface area contributed by atoms with Crippen LogP contribution < -0.4 is 10.6 Å². The number of ether oxygens (including phenoxy) is 1. The van der Waals surface area contributed by atoms with Crippen molar-refractivity contribution in [2.45, 2.75) is 64.3 Å². The van der Waals surface area contributed by atoms with Gasteiger partial charge in [-0.1, -0.05) is 13.5 Å². The van der Waals surface area contributed by atoms with Gasteiger partial charge in [-0.2, -0.15) is 13.2 Å². The highest BCUT2D eigenvalue weighted by atomic mass is 19.4. The number of carbonyl (C=O) groups excluding carboxylic acids is 1. The lowest BCUT2D eigenvalue weighted by atomic mass is 9.92. The van der Waals surface area contributed by atoms with E-state index in [1.165, 1.54) is 6.07 Å². The molecule has 1 aromatic rings. The third kappa shape index (κ3) is 8.40. The molecule has 0 bridgehead atoms. The molecule has 2 N–H and O–H groups in total. The minimum absolute atomic E-state index is 0.0393. The van der Waals surface area contributed by atoms with Gasteiger partial charge >= 0.3 is 12.2 Å². The van der Waals surface area contributed by atoms with Crippen molar-refractivity contribution in [3.8, 4) is 0 Å². The topological polar surface area (TPSA) is 100.0 Å². The van der Waals surface area contributed by atoms with Gasteiger partial charge < -0.3 is 25.2 Å². The standard InChI is InChI=1S/C28H38F3N5O4/c1-4-13-32-27(37)35-16-14-34(15-17-35)22(5-2)19-23(6-3)40-24-10-7-20(8-11-24)33-21-9-12-26(36(38)39)25(18-21)28(29,30)31/h5-6,9,12,18-20,24,33H,2,4,7-8,10-11,13-17H2,1,3H3,(H,32,37)/b22-19+,23-6+. The van der Waals surface area contributed by atoms with E-state index in [0.29, 0.717) is 64.2 Å². The molecule has 220 valence electrons. The third-order valence-electron chi connectivity index (χ3n) is 7.09. The Hall–Kier alpha value is -3.70. The van der Waals surface area contributed by atoms with Crippen LogP contribution in [0.2, 0.25) is 0 Å². The molecule has 12 heteroatoms. The van der Waals surface area contributed by atoms with Gasteiger partial charge in [-0.3, -0.25) is 10.1 Å². The quantitative estimate of drug-likeness (QED) is 0.155. The van der Waals surface area contributed by atoms with E-state index in [9.17, 15) is 28.1 Å². The van der Waals surface area contributed by atoms with E-state index in [0.717, 1.165) is 24.3 Å². The number of alkyl halides is 3. The number of carbonyl (C=O) groups is 1. The normalized spacial score (nSPS) is 20.6. The number of amides is 2. The number of urea groups is 1. The Morgan fingerprint density at radius 1 is 1.18 bits per heavy atom. The lowest BCUT2D eigenvalue weighted by Gasteiger charge is -2.36. The monoisotopic (exact) mass is 565 g/mol. The number of halogens is 3. The average Bonchev–Trinajstić information content (AvgIpc) is 2.94. The first-order valence-electron chi connectivity index (χ1n) is 13.6. The van der Waals surface area contributed by atoms with E-state index >= 15 is 0 Å². The van der Waals surface area contributed by atoms with Crippen LogP contribution in [0.5, 0.6) is 0 Å². The van der Waals surface area contributed by atoms with Gasteiger partial charge in [0.2, 0.25) is 0 Å². The lowest BCUT2D eigenvalue weighted by molar-refractivity contribution is -0.388. The van der Waals surface area contributed by atoms with Crippen molar-refractivity contribution in [1.82, 2.24) is 15.1 Å². The number of anilines is 1. The van der Waals surface area contributed by atoms with Crippen molar-refractivity contribution in [3.05, 3.63) is 70.1 Å². The van der Waals surface area contributed by atoms with Crippen molar-refractivity contribution in [2.75, 3.05) is 38.0 Å². The number of nitro groups is 1. The summed E-state index contributed by atoms with van der Waals surface area (Å²) in [5.74, 6) is 0.708. The van der Waals surface area contributed by atoms with Crippen molar-refractivity contribution in [3.63, 3.8) is 0 Å². The summed E-state index contributed by atoms with van der Waals surface area (Å²) in [6, 6.07) is 2.90. The number of rotatable bonds is 10. The molecule has 0 unspecified atom stereocenters. The summed E-state index contributed by atoms with van der Waals surface area (Å²) in [4.78, 5) is 26.2. The number of benzene rings is 1. The first-order chi connectivity index (χ1) is 19.0. The fraction of sp³-hybridized carbons (Fsp3) is 0.536.